The first-order valence-corrected chi connectivity index (χ1v) is 12.9. The number of carbonyl (C=O) groups excluding carboxylic acids is 3. The molecule has 0 atom stereocenters. The fraction of sp³-hybridized carbons (Fsp3) is 0.258. The van der Waals surface area contributed by atoms with Crippen molar-refractivity contribution in [2.45, 2.75) is 40.2 Å². The Balaban J connectivity index is 1.78. The van der Waals surface area contributed by atoms with Crippen LogP contribution in [-0.2, 0) is 19.1 Å². The second-order valence-corrected chi connectivity index (χ2v) is 9.53. The molecule has 2 aromatic carbocycles. The molecule has 2 amide bonds. The van der Waals surface area contributed by atoms with Crippen molar-refractivity contribution >= 4 is 23.9 Å². The number of rotatable bonds is 9. The molecule has 0 spiro atoms. The van der Waals surface area contributed by atoms with E-state index in [1.54, 1.807) is 17.7 Å². The first kappa shape index (κ1) is 28.0. The van der Waals surface area contributed by atoms with E-state index in [-0.39, 0.29) is 36.8 Å². The Labute approximate surface area is 232 Å². The third kappa shape index (κ3) is 6.18. The number of amides is 2. The van der Waals surface area contributed by atoms with Crippen LogP contribution < -0.4 is 4.74 Å². The molecule has 0 aliphatic carbocycles. The van der Waals surface area contributed by atoms with Gasteiger partial charge in [0.15, 0.2) is 0 Å². The van der Waals surface area contributed by atoms with Crippen LogP contribution in [-0.4, -0.2) is 51.7 Å². The number of aromatic nitrogens is 2. The van der Waals surface area contributed by atoms with Gasteiger partial charge in [-0.15, -0.1) is 0 Å². The Morgan fingerprint density at radius 3 is 2.40 bits per heavy atom. The molecular weight excluding hydrogens is 508 g/mol. The van der Waals surface area contributed by atoms with E-state index in [1.165, 1.54) is 6.92 Å². The Kier molecular flexibility index (Phi) is 8.60. The van der Waals surface area contributed by atoms with Gasteiger partial charge in [-0.1, -0.05) is 18.2 Å². The highest BCUT2D eigenvalue weighted by atomic mass is 16.5. The molecule has 4 rings (SSSR count). The van der Waals surface area contributed by atoms with Gasteiger partial charge in [-0.3, -0.25) is 19.3 Å². The average molecular weight is 539 g/mol. The summed E-state index contributed by atoms with van der Waals surface area (Å²) in [5, 5.41) is 14.6. The van der Waals surface area contributed by atoms with E-state index in [2.05, 4.69) is 0 Å². The number of benzene rings is 2. The standard InChI is InChI=1S/C31H30N4O5/c1-20(2)40-26-13-11-23(12-14-26)29-24(19-35(33-29)25-9-6-5-7-10-25)17-27-21(3)28(18-32)31(38)34(30(27)37)15-8-16-39-22(4)36/h5-7,9-14,17,19-20H,8,15-16H2,1-4H3/b27-17+. The zero-order valence-corrected chi connectivity index (χ0v) is 22.9. The molecule has 9 nitrogen and oxygen atoms in total. The molecular formula is C31H30N4O5. The van der Waals surface area contributed by atoms with Gasteiger partial charge in [0.1, 0.15) is 17.4 Å². The fourth-order valence-electron chi connectivity index (χ4n) is 4.32. The lowest BCUT2D eigenvalue weighted by molar-refractivity contribution is -0.141. The summed E-state index contributed by atoms with van der Waals surface area (Å²) in [5.74, 6) is -0.907. The summed E-state index contributed by atoms with van der Waals surface area (Å²) < 4.78 is 12.4. The molecule has 0 bridgehead atoms. The molecule has 0 N–H and O–H groups in total. The molecule has 1 aromatic heterocycles. The van der Waals surface area contributed by atoms with Crippen LogP contribution in [0.1, 0.15) is 39.7 Å². The summed E-state index contributed by atoms with van der Waals surface area (Å²) in [7, 11) is 0. The minimum absolute atomic E-state index is 0.00813. The van der Waals surface area contributed by atoms with Crippen LogP contribution in [0.15, 0.2) is 77.5 Å². The van der Waals surface area contributed by atoms with Gasteiger partial charge in [0, 0.05) is 36.4 Å². The number of nitriles is 1. The van der Waals surface area contributed by atoms with Crippen LogP contribution in [0.4, 0.5) is 0 Å². The Bertz CT molecular complexity index is 1530. The third-order valence-electron chi connectivity index (χ3n) is 6.22. The van der Waals surface area contributed by atoms with E-state index < -0.39 is 17.8 Å². The summed E-state index contributed by atoms with van der Waals surface area (Å²) in [6.45, 7) is 6.85. The zero-order chi connectivity index (χ0) is 28.8. The van der Waals surface area contributed by atoms with Crippen molar-refractivity contribution in [1.29, 1.82) is 5.26 Å². The smallest absolute Gasteiger partial charge is 0.302 e. The number of imide groups is 1. The minimum atomic E-state index is -0.661. The highest BCUT2D eigenvalue weighted by Gasteiger charge is 2.35. The van der Waals surface area contributed by atoms with Gasteiger partial charge in [0.25, 0.3) is 11.8 Å². The largest absolute Gasteiger partial charge is 0.491 e. The van der Waals surface area contributed by atoms with Crippen LogP contribution in [0.3, 0.4) is 0 Å². The molecule has 0 unspecified atom stereocenters. The highest BCUT2D eigenvalue weighted by Crippen LogP contribution is 2.32. The van der Waals surface area contributed by atoms with Crippen LogP contribution in [0, 0.1) is 11.3 Å². The fourth-order valence-corrected chi connectivity index (χ4v) is 4.32. The van der Waals surface area contributed by atoms with E-state index in [4.69, 9.17) is 14.6 Å². The van der Waals surface area contributed by atoms with Crippen molar-refractivity contribution in [3.8, 4) is 28.8 Å². The quantitative estimate of drug-likeness (QED) is 0.165. The summed E-state index contributed by atoms with van der Waals surface area (Å²) in [5.41, 5.74) is 3.30. The van der Waals surface area contributed by atoms with E-state index in [0.717, 1.165) is 21.9 Å². The normalized spacial score (nSPS) is 14.6. The molecule has 2 heterocycles. The van der Waals surface area contributed by atoms with Gasteiger partial charge in [0.2, 0.25) is 0 Å². The SMILES string of the molecule is CC(=O)OCCCN1C(=O)C(C#N)=C(C)/C(=C\c2cn(-c3ccccc3)nc2-c2ccc(OC(C)C)cc2)C1=O. The van der Waals surface area contributed by atoms with E-state index in [0.29, 0.717) is 16.8 Å². The number of esters is 1. The van der Waals surface area contributed by atoms with Gasteiger partial charge >= 0.3 is 5.97 Å². The number of nitrogens with zero attached hydrogens (tertiary/aromatic N) is 4. The average Bonchev–Trinajstić information content (AvgIpc) is 3.35. The molecule has 1 aliphatic heterocycles. The van der Waals surface area contributed by atoms with E-state index >= 15 is 0 Å². The van der Waals surface area contributed by atoms with Gasteiger partial charge in [-0.05, 0) is 75.2 Å². The molecule has 9 heteroatoms. The number of hydrogen-bond acceptors (Lipinski definition) is 7. The van der Waals surface area contributed by atoms with Crippen molar-refractivity contribution in [1.82, 2.24) is 14.7 Å². The Hall–Kier alpha value is -4.97. The van der Waals surface area contributed by atoms with Gasteiger partial charge in [-0.25, -0.2) is 4.68 Å². The molecule has 0 fully saturated rings. The lowest BCUT2D eigenvalue weighted by Gasteiger charge is -2.27. The zero-order valence-electron chi connectivity index (χ0n) is 22.9. The van der Waals surface area contributed by atoms with Crippen LogP contribution in [0.2, 0.25) is 0 Å². The maximum Gasteiger partial charge on any atom is 0.302 e. The van der Waals surface area contributed by atoms with Crippen LogP contribution in [0.5, 0.6) is 5.75 Å². The third-order valence-corrected chi connectivity index (χ3v) is 6.22. The second kappa shape index (κ2) is 12.3. The lowest BCUT2D eigenvalue weighted by Crippen LogP contribution is -2.43. The van der Waals surface area contributed by atoms with Gasteiger partial charge < -0.3 is 9.47 Å². The van der Waals surface area contributed by atoms with Crippen molar-refractivity contribution in [3.05, 3.63) is 83.1 Å². The molecule has 40 heavy (non-hydrogen) atoms. The maximum atomic E-state index is 13.6. The lowest BCUT2D eigenvalue weighted by atomic mass is 9.93. The molecule has 204 valence electrons. The summed E-state index contributed by atoms with van der Waals surface area (Å²) in [6.07, 6.45) is 3.76. The summed E-state index contributed by atoms with van der Waals surface area (Å²) in [4.78, 5) is 38.6. The molecule has 1 aliphatic rings. The van der Waals surface area contributed by atoms with Crippen molar-refractivity contribution < 1.29 is 23.9 Å². The number of ether oxygens (including phenoxy) is 2. The molecule has 0 saturated carbocycles. The topological polar surface area (TPSA) is 115 Å². The number of hydrogen-bond donors (Lipinski definition) is 0. The van der Waals surface area contributed by atoms with Crippen LogP contribution >= 0.6 is 0 Å². The predicted molar refractivity (Wildman–Crippen MR) is 149 cm³/mol. The monoisotopic (exact) mass is 538 g/mol. The summed E-state index contributed by atoms with van der Waals surface area (Å²) in [6, 6.07) is 19.0. The molecule has 0 saturated heterocycles. The van der Waals surface area contributed by atoms with Crippen molar-refractivity contribution in [2.75, 3.05) is 13.2 Å². The first-order valence-electron chi connectivity index (χ1n) is 12.9. The molecule has 3 aromatic rings. The maximum absolute atomic E-state index is 13.6. The number of para-hydroxylation sites is 1. The Morgan fingerprint density at radius 2 is 1.77 bits per heavy atom. The second-order valence-electron chi connectivity index (χ2n) is 9.53. The van der Waals surface area contributed by atoms with Crippen molar-refractivity contribution in [2.24, 2.45) is 0 Å². The van der Waals surface area contributed by atoms with Gasteiger partial charge in [-0.2, -0.15) is 10.4 Å². The van der Waals surface area contributed by atoms with Crippen molar-refractivity contribution in [3.63, 3.8) is 0 Å². The first-order chi connectivity index (χ1) is 19.2. The number of carbonyl (C=O) groups is 3. The van der Waals surface area contributed by atoms with E-state index in [9.17, 15) is 19.6 Å². The minimum Gasteiger partial charge on any atom is -0.491 e. The predicted octanol–water partition coefficient (Wildman–Crippen LogP) is 4.87. The molecule has 0 radical (unpaired) electrons. The highest BCUT2D eigenvalue weighted by molar-refractivity contribution is 6.19. The van der Waals surface area contributed by atoms with E-state index in [1.807, 2.05) is 80.7 Å². The van der Waals surface area contributed by atoms with Gasteiger partial charge in [0.05, 0.1) is 24.1 Å². The van der Waals surface area contributed by atoms with Crippen LogP contribution in [0.25, 0.3) is 23.0 Å². The summed E-state index contributed by atoms with van der Waals surface area (Å²) >= 11 is 0. The Morgan fingerprint density at radius 1 is 1.07 bits per heavy atom.